The van der Waals surface area contributed by atoms with Crippen LogP contribution in [0.5, 0.6) is 0 Å². The molecule has 1 aliphatic heterocycles. The first-order valence-electron chi connectivity index (χ1n) is 8.68. The molecule has 0 saturated heterocycles. The van der Waals surface area contributed by atoms with Gasteiger partial charge in [0.2, 0.25) is 0 Å². The van der Waals surface area contributed by atoms with Gasteiger partial charge in [-0.3, -0.25) is 4.99 Å². The van der Waals surface area contributed by atoms with Crippen LogP contribution in [0.3, 0.4) is 0 Å². The molecule has 1 unspecified atom stereocenters. The molecule has 2 N–H and O–H groups in total. The van der Waals surface area contributed by atoms with Crippen LogP contribution in [-0.2, 0) is 6.54 Å². The maximum atomic E-state index is 5.66. The second-order valence-corrected chi connectivity index (χ2v) is 6.28. The zero-order valence-electron chi connectivity index (χ0n) is 15.1. The summed E-state index contributed by atoms with van der Waals surface area (Å²) in [4.78, 5) is 6.63. The monoisotopic (exact) mass is 338 g/mol. The summed E-state index contributed by atoms with van der Waals surface area (Å²) in [6, 6.07) is 12.7. The SMILES string of the molecule is CN=C(NCc1ccc(N2CC=CC2)cc1)NC(C)c1ccc(C)o1. The van der Waals surface area contributed by atoms with Crippen molar-refractivity contribution in [2.75, 3.05) is 25.0 Å². The van der Waals surface area contributed by atoms with Gasteiger partial charge < -0.3 is 20.0 Å². The Hall–Kier alpha value is -2.69. The molecule has 0 aliphatic carbocycles. The summed E-state index contributed by atoms with van der Waals surface area (Å²) in [5.74, 6) is 2.58. The van der Waals surface area contributed by atoms with Gasteiger partial charge in [-0.1, -0.05) is 24.3 Å². The second kappa shape index (κ2) is 7.92. The zero-order chi connectivity index (χ0) is 17.6. The predicted octanol–water partition coefficient (Wildman–Crippen LogP) is 3.39. The molecule has 1 aromatic carbocycles. The third kappa shape index (κ3) is 4.44. The van der Waals surface area contributed by atoms with Crippen molar-refractivity contribution in [2.45, 2.75) is 26.4 Å². The molecule has 0 spiro atoms. The van der Waals surface area contributed by atoms with Gasteiger partial charge in [0.25, 0.3) is 0 Å². The molecule has 5 heteroatoms. The van der Waals surface area contributed by atoms with Gasteiger partial charge in [-0.2, -0.15) is 0 Å². The van der Waals surface area contributed by atoms with E-state index in [0.717, 1.165) is 37.1 Å². The molecule has 0 saturated carbocycles. The lowest BCUT2D eigenvalue weighted by atomic mass is 10.2. The fourth-order valence-corrected chi connectivity index (χ4v) is 2.86. The van der Waals surface area contributed by atoms with E-state index in [1.165, 1.54) is 11.3 Å². The van der Waals surface area contributed by atoms with Crippen LogP contribution < -0.4 is 15.5 Å². The average molecular weight is 338 g/mol. The molecule has 2 aromatic rings. The van der Waals surface area contributed by atoms with Crippen LogP contribution in [0.2, 0.25) is 0 Å². The van der Waals surface area contributed by atoms with Crippen molar-refractivity contribution in [2.24, 2.45) is 4.99 Å². The number of guanidine groups is 1. The van der Waals surface area contributed by atoms with E-state index < -0.39 is 0 Å². The van der Waals surface area contributed by atoms with Crippen molar-refractivity contribution in [3.8, 4) is 0 Å². The molecule has 1 aromatic heterocycles. The Morgan fingerprint density at radius 2 is 1.88 bits per heavy atom. The smallest absolute Gasteiger partial charge is 0.191 e. The highest BCUT2D eigenvalue weighted by Crippen LogP contribution is 2.18. The molecule has 5 nitrogen and oxygen atoms in total. The van der Waals surface area contributed by atoms with Crippen LogP contribution in [0, 0.1) is 6.92 Å². The van der Waals surface area contributed by atoms with Gasteiger partial charge in [0.1, 0.15) is 11.5 Å². The number of hydrogen-bond acceptors (Lipinski definition) is 3. The summed E-state index contributed by atoms with van der Waals surface area (Å²) in [7, 11) is 1.78. The first kappa shape index (κ1) is 17.1. The molecule has 1 atom stereocenters. The van der Waals surface area contributed by atoms with Crippen LogP contribution in [-0.4, -0.2) is 26.1 Å². The normalized spacial score (nSPS) is 15.5. The molecule has 25 heavy (non-hydrogen) atoms. The van der Waals surface area contributed by atoms with Gasteiger partial charge in [-0.25, -0.2) is 0 Å². The van der Waals surface area contributed by atoms with Gasteiger partial charge in [-0.05, 0) is 43.7 Å². The number of rotatable bonds is 5. The quantitative estimate of drug-likeness (QED) is 0.498. The number of aliphatic imine (C=N–C) groups is 1. The second-order valence-electron chi connectivity index (χ2n) is 6.28. The minimum Gasteiger partial charge on any atom is -0.464 e. The van der Waals surface area contributed by atoms with Crippen molar-refractivity contribution in [3.05, 3.63) is 65.6 Å². The maximum absolute atomic E-state index is 5.66. The average Bonchev–Trinajstić information content (AvgIpc) is 3.30. The van der Waals surface area contributed by atoms with Crippen LogP contribution in [0.1, 0.15) is 30.0 Å². The Kier molecular flexibility index (Phi) is 5.43. The van der Waals surface area contributed by atoms with E-state index in [0.29, 0.717) is 0 Å². The Bertz CT molecular complexity index is 737. The lowest BCUT2D eigenvalue weighted by Gasteiger charge is -2.19. The Labute approximate surface area is 149 Å². The summed E-state index contributed by atoms with van der Waals surface area (Å²) in [5.41, 5.74) is 2.48. The Morgan fingerprint density at radius 1 is 1.16 bits per heavy atom. The summed E-state index contributed by atoms with van der Waals surface area (Å²) >= 11 is 0. The van der Waals surface area contributed by atoms with E-state index >= 15 is 0 Å². The lowest BCUT2D eigenvalue weighted by Crippen LogP contribution is -2.38. The Morgan fingerprint density at radius 3 is 2.48 bits per heavy atom. The molecule has 0 radical (unpaired) electrons. The van der Waals surface area contributed by atoms with Crippen LogP contribution >= 0.6 is 0 Å². The van der Waals surface area contributed by atoms with Gasteiger partial charge in [0.05, 0.1) is 6.04 Å². The predicted molar refractivity (Wildman–Crippen MR) is 103 cm³/mol. The molecule has 0 fully saturated rings. The van der Waals surface area contributed by atoms with E-state index in [4.69, 9.17) is 4.42 Å². The lowest BCUT2D eigenvalue weighted by molar-refractivity contribution is 0.441. The van der Waals surface area contributed by atoms with Crippen LogP contribution in [0.15, 0.2) is 58.0 Å². The number of nitrogens with zero attached hydrogens (tertiary/aromatic N) is 2. The van der Waals surface area contributed by atoms with Crippen molar-refractivity contribution in [3.63, 3.8) is 0 Å². The van der Waals surface area contributed by atoms with E-state index in [1.807, 2.05) is 19.1 Å². The van der Waals surface area contributed by atoms with Crippen LogP contribution in [0.4, 0.5) is 5.69 Å². The van der Waals surface area contributed by atoms with E-state index in [9.17, 15) is 0 Å². The van der Waals surface area contributed by atoms with Crippen molar-refractivity contribution in [1.82, 2.24) is 10.6 Å². The van der Waals surface area contributed by atoms with Gasteiger partial charge in [0.15, 0.2) is 5.96 Å². The van der Waals surface area contributed by atoms with E-state index in [2.05, 4.69) is 63.9 Å². The molecule has 0 amide bonds. The topological polar surface area (TPSA) is 52.8 Å². The van der Waals surface area contributed by atoms with Crippen molar-refractivity contribution >= 4 is 11.6 Å². The molecule has 0 bridgehead atoms. The van der Waals surface area contributed by atoms with Crippen molar-refractivity contribution in [1.29, 1.82) is 0 Å². The molecule has 1 aliphatic rings. The number of hydrogen-bond donors (Lipinski definition) is 2. The van der Waals surface area contributed by atoms with Crippen LogP contribution in [0.25, 0.3) is 0 Å². The number of benzene rings is 1. The summed E-state index contributed by atoms with van der Waals surface area (Å²) in [6.07, 6.45) is 4.40. The number of furan rings is 1. The fraction of sp³-hybridized carbons (Fsp3) is 0.350. The highest BCUT2D eigenvalue weighted by Gasteiger charge is 2.11. The minimum absolute atomic E-state index is 0.0601. The third-order valence-electron chi connectivity index (χ3n) is 4.34. The number of aryl methyl sites for hydroxylation is 1. The number of nitrogens with one attached hydrogen (secondary N) is 2. The molecule has 3 rings (SSSR count). The highest BCUT2D eigenvalue weighted by atomic mass is 16.3. The fourth-order valence-electron chi connectivity index (χ4n) is 2.86. The number of anilines is 1. The minimum atomic E-state index is 0.0601. The van der Waals surface area contributed by atoms with Gasteiger partial charge in [-0.15, -0.1) is 0 Å². The van der Waals surface area contributed by atoms with Crippen molar-refractivity contribution < 1.29 is 4.42 Å². The summed E-state index contributed by atoms with van der Waals surface area (Å²) < 4.78 is 5.66. The Balaban J connectivity index is 1.52. The standard InChI is InChI=1S/C20H26N4O/c1-15-6-11-19(25-15)16(2)23-20(21-3)22-14-17-7-9-18(10-8-17)24-12-4-5-13-24/h4-11,16H,12-14H2,1-3H3,(H2,21,22,23). The molecule has 132 valence electrons. The van der Waals surface area contributed by atoms with E-state index in [-0.39, 0.29) is 6.04 Å². The zero-order valence-corrected chi connectivity index (χ0v) is 15.1. The molecular formula is C20H26N4O. The maximum Gasteiger partial charge on any atom is 0.191 e. The van der Waals surface area contributed by atoms with E-state index in [1.54, 1.807) is 7.05 Å². The third-order valence-corrected chi connectivity index (χ3v) is 4.34. The first-order chi connectivity index (χ1) is 12.2. The first-order valence-corrected chi connectivity index (χ1v) is 8.68. The van der Waals surface area contributed by atoms with Gasteiger partial charge >= 0.3 is 0 Å². The highest BCUT2D eigenvalue weighted by molar-refractivity contribution is 5.80. The molecular weight excluding hydrogens is 312 g/mol. The summed E-state index contributed by atoms with van der Waals surface area (Å²) in [6.45, 7) is 6.73. The molecule has 2 heterocycles. The van der Waals surface area contributed by atoms with Gasteiger partial charge in [0, 0.05) is 32.4 Å². The largest absolute Gasteiger partial charge is 0.464 e. The summed E-state index contributed by atoms with van der Waals surface area (Å²) in [5, 5.41) is 6.70.